The third-order valence-electron chi connectivity index (χ3n) is 2.96. The largest absolute Gasteiger partial charge is 0.461 e. The van der Waals surface area contributed by atoms with Crippen molar-refractivity contribution in [3.8, 4) is 0 Å². The highest BCUT2D eigenvalue weighted by molar-refractivity contribution is 5.76. The molecule has 3 heteroatoms. The van der Waals surface area contributed by atoms with Crippen molar-refractivity contribution in [3.63, 3.8) is 0 Å². The molecule has 1 fully saturated rings. The van der Waals surface area contributed by atoms with Crippen molar-refractivity contribution in [2.45, 2.75) is 38.6 Å². The lowest BCUT2D eigenvalue weighted by molar-refractivity contribution is -0.155. The van der Waals surface area contributed by atoms with Gasteiger partial charge in [0.2, 0.25) is 0 Å². The first kappa shape index (κ1) is 11.2. The number of hydrogen-bond donors (Lipinski definition) is 1. The van der Waals surface area contributed by atoms with Crippen molar-refractivity contribution in [2.24, 2.45) is 11.1 Å². The van der Waals surface area contributed by atoms with Gasteiger partial charge in [0.25, 0.3) is 0 Å². The Kier molecular flexibility index (Phi) is 3.69. The molecule has 0 spiro atoms. The number of rotatable bonds is 3. The summed E-state index contributed by atoms with van der Waals surface area (Å²) >= 11 is 0. The molecule has 0 radical (unpaired) electrons. The van der Waals surface area contributed by atoms with E-state index in [1.54, 1.807) is 6.08 Å². The van der Waals surface area contributed by atoms with E-state index in [-0.39, 0.29) is 17.4 Å². The van der Waals surface area contributed by atoms with Crippen LogP contribution < -0.4 is 5.73 Å². The molecule has 2 N–H and O–H groups in total. The van der Waals surface area contributed by atoms with Crippen LogP contribution in [0.3, 0.4) is 0 Å². The SMILES string of the molecule is C=CCOC(=O)C1(C)CCC(N)CC1. The lowest BCUT2D eigenvalue weighted by Gasteiger charge is -2.33. The van der Waals surface area contributed by atoms with Crippen LogP contribution in [-0.4, -0.2) is 18.6 Å². The normalized spacial score (nSPS) is 32.3. The number of esters is 1. The molecular formula is C11H19NO2. The van der Waals surface area contributed by atoms with Gasteiger partial charge in [0.1, 0.15) is 6.61 Å². The summed E-state index contributed by atoms with van der Waals surface area (Å²) in [7, 11) is 0. The maximum Gasteiger partial charge on any atom is 0.312 e. The molecule has 3 nitrogen and oxygen atoms in total. The zero-order valence-electron chi connectivity index (χ0n) is 8.79. The van der Waals surface area contributed by atoms with E-state index in [2.05, 4.69) is 6.58 Å². The van der Waals surface area contributed by atoms with Crippen LogP contribution in [0.2, 0.25) is 0 Å². The standard InChI is InChI=1S/C11H19NO2/c1-3-8-14-10(13)11(2)6-4-9(12)5-7-11/h3,9H,1,4-8,12H2,2H3. The zero-order chi connectivity index (χ0) is 10.6. The molecule has 1 aliphatic rings. The zero-order valence-corrected chi connectivity index (χ0v) is 8.79. The fourth-order valence-electron chi connectivity index (χ4n) is 1.79. The van der Waals surface area contributed by atoms with Gasteiger partial charge in [-0.1, -0.05) is 12.7 Å². The second kappa shape index (κ2) is 4.60. The number of ether oxygens (including phenoxy) is 1. The van der Waals surface area contributed by atoms with Crippen LogP contribution in [0, 0.1) is 5.41 Å². The van der Waals surface area contributed by atoms with E-state index >= 15 is 0 Å². The van der Waals surface area contributed by atoms with Gasteiger partial charge in [-0.15, -0.1) is 0 Å². The van der Waals surface area contributed by atoms with Crippen LogP contribution in [0.1, 0.15) is 32.6 Å². The summed E-state index contributed by atoms with van der Waals surface area (Å²) < 4.78 is 5.07. The molecular weight excluding hydrogens is 178 g/mol. The highest BCUT2D eigenvalue weighted by atomic mass is 16.5. The molecule has 0 aromatic heterocycles. The van der Waals surface area contributed by atoms with Crippen LogP contribution in [0.25, 0.3) is 0 Å². The first-order valence-corrected chi connectivity index (χ1v) is 5.12. The second-order valence-electron chi connectivity index (χ2n) is 4.29. The van der Waals surface area contributed by atoms with Gasteiger partial charge in [-0.2, -0.15) is 0 Å². The highest BCUT2D eigenvalue weighted by Crippen LogP contribution is 2.36. The quantitative estimate of drug-likeness (QED) is 0.552. The van der Waals surface area contributed by atoms with Gasteiger partial charge in [-0.05, 0) is 32.6 Å². The topological polar surface area (TPSA) is 52.3 Å². The average Bonchev–Trinajstić information content (AvgIpc) is 2.19. The molecule has 80 valence electrons. The molecule has 1 aliphatic carbocycles. The summed E-state index contributed by atoms with van der Waals surface area (Å²) in [5.74, 6) is -0.107. The second-order valence-corrected chi connectivity index (χ2v) is 4.29. The molecule has 0 unspecified atom stereocenters. The van der Waals surface area contributed by atoms with Gasteiger partial charge in [0.05, 0.1) is 5.41 Å². The van der Waals surface area contributed by atoms with E-state index in [4.69, 9.17) is 10.5 Å². The van der Waals surface area contributed by atoms with Gasteiger partial charge in [-0.3, -0.25) is 4.79 Å². The molecule has 0 aliphatic heterocycles. The average molecular weight is 197 g/mol. The maximum absolute atomic E-state index is 11.7. The van der Waals surface area contributed by atoms with Gasteiger partial charge in [0.15, 0.2) is 0 Å². The fourth-order valence-corrected chi connectivity index (χ4v) is 1.79. The fraction of sp³-hybridized carbons (Fsp3) is 0.727. The molecule has 0 bridgehead atoms. The van der Waals surface area contributed by atoms with E-state index in [1.807, 2.05) is 6.92 Å². The van der Waals surface area contributed by atoms with Crippen LogP contribution in [0.15, 0.2) is 12.7 Å². The summed E-state index contributed by atoms with van der Waals surface area (Å²) in [6, 6.07) is 0.260. The van der Waals surface area contributed by atoms with Gasteiger partial charge >= 0.3 is 5.97 Å². The maximum atomic E-state index is 11.7. The van der Waals surface area contributed by atoms with Crippen molar-refractivity contribution in [1.82, 2.24) is 0 Å². The molecule has 0 heterocycles. The van der Waals surface area contributed by atoms with E-state index in [1.165, 1.54) is 0 Å². The van der Waals surface area contributed by atoms with Crippen LogP contribution in [-0.2, 0) is 9.53 Å². The smallest absolute Gasteiger partial charge is 0.312 e. The lowest BCUT2D eigenvalue weighted by atomic mass is 9.74. The number of carbonyl (C=O) groups is 1. The minimum absolute atomic E-state index is 0.107. The molecule has 0 aromatic carbocycles. The third kappa shape index (κ3) is 2.58. The Hall–Kier alpha value is -0.830. The minimum atomic E-state index is -0.321. The van der Waals surface area contributed by atoms with Crippen molar-refractivity contribution < 1.29 is 9.53 Å². The third-order valence-corrected chi connectivity index (χ3v) is 2.96. The highest BCUT2D eigenvalue weighted by Gasteiger charge is 2.37. The summed E-state index contributed by atoms with van der Waals surface area (Å²) in [6.45, 7) is 5.78. The van der Waals surface area contributed by atoms with Crippen molar-refractivity contribution in [3.05, 3.63) is 12.7 Å². The number of nitrogens with two attached hydrogens (primary N) is 1. The number of carbonyl (C=O) groups excluding carboxylic acids is 1. The van der Waals surface area contributed by atoms with E-state index in [0.29, 0.717) is 6.61 Å². The van der Waals surface area contributed by atoms with Crippen LogP contribution in [0.5, 0.6) is 0 Å². The van der Waals surface area contributed by atoms with E-state index in [0.717, 1.165) is 25.7 Å². The molecule has 1 saturated carbocycles. The monoisotopic (exact) mass is 197 g/mol. The summed E-state index contributed by atoms with van der Waals surface area (Å²) in [5, 5.41) is 0. The summed E-state index contributed by atoms with van der Waals surface area (Å²) in [5.41, 5.74) is 5.47. The van der Waals surface area contributed by atoms with Crippen LogP contribution >= 0.6 is 0 Å². The van der Waals surface area contributed by atoms with Crippen molar-refractivity contribution >= 4 is 5.97 Å². The van der Waals surface area contributed by atoms with Gasteiger partial charge in [-0.25, -0.2) is 0 Å². The molecule has 0 amide bonds. The van der Waals surface area contributed by atoms with Crippen LogP contribution in [0.4, 0.5) is 0 Å². The summed E-state index contributed by atoms with van der Waals surface area (Å²) in [4.78, 5) is 11.7. The van der Waals surface area contributed by atoms with Crippen molar-refractivity contribution in [2.75, 3.05) is 6.61 Å². The predicted molar refractivity (Wildman–Crippen MR) is 55.7 cm³/mol. The number of hydrogen-bond acceptors (Lipinski definition) is 3. The Morgan fingerprint density at radius 3 is 2.71 bits per heavy atom. The minimum Gasteiger partial charge on any atom is -0.461 e. The van der Waals surface area contributed by atoms with Gasteiger partial charge in [0, 0.05) is 6.04 Å². The molecule has 0 aromatic rings. The van der Waals surface area contributed by atoms with Gasteiger partial charge < -0.3 is 10.5 Å². The Labute approximate surface area is 85.3 Å². The summed E-state index contributed by atoms with van der Waals surface area (Å²) in [6.07, 6.45) is 5.10. The van der Waals surface area contributed by atoms with E-state index < -0.39 is 0 Å². The molecule has 14 heavy (non-hydrogen) atoms. The van der Waals surface area contributed by atoms with Crippen molar-refractivity contribution in [1.29, 1.82) is 0 Å². The first-order valence-electron chi connectivity index (χ1n) is 5.12. The first-order chi connectivity index (χ1) is 6.58. The molecule has 1 rings (SSSR count). The molecule has 0 atom stereocenters. The Morgan fingerprint density at radius 1 is 1.64 bits per heavy atom. The Balaban J connectivity index is 2.48. The molecule has 0 saturated heterocycles. The van der Waals surface area contributed by atoms with E-state index in [9.17, 15) is 4.79 Å². The Morgan fingerprint density at radius 2 is 2.21 bits per heavy atom. The Bertz CT molecular complexity index is 217. The lowest BCUT2D eigenvalue weighted by Crippen LogP contribution is -2.38. The predicted octanol–water partition coefficient (Wildman–Crippen LogP) is 1.62.